The Labute approximate surface area is 92.5 Å². The van der Waals surface area contributed by atoms with Gasteiger partial charge in [0.25, 0.3) is 0 Å². The lowest BCUT2D eigenvalue weighted by Crippen LogP contribution is -2.04. The van der Waals surface area contributed by atoms with E-state index in [2.05, 4.69) is 24.3 Å². The van der Waals surface area contributed by atoms with Gasteiger partial charge in [-0.05, 0) is 43.4 Å². The SMILES string of the molecule is CCOc1ccc(C2CCCCC2)cc1. The molecule has 1 aromatic rings. The lowest BCUT2D eigenvalue weighted by atomic mass is 9.84. The molecular weight excluding hydrogens is 184 g/mol. The fourth-order valence-corrected chi connectivity index (χ4v) is 2.44. The van der Waals surface area contributed by atoms with E-state index in [4.69, 9.17) is 4.74 Å². The molecule has 0 N–H and O–H groups in total. The highest BCUT2D eigenvalue weighted by Gasteiger charge is 2.14. The normalized spacial score (nSPS) is 17.7. The minimum atomic E-state index is 0.753. The number of hydrogen-bond acceptors (Lipinski definition) is 1. The van der Waals surface area contributed by atoms with Crippen LogP contribution in [-0.4, -0.2) is 6.61 Å². The number of ether oxygens (including phenoxy) is 1. The summed E-state index contributed by atoms with van der Waals surface area (Å²) >= 11 is 0. The van der Waals surface area contributed by atoms with Gasteiger partial charge in [0.1, 0.15) is 5.75 Å². The summed E-state index contributed by atoms with van der Waals surface area (Å²) in [6.45, 7) is 2.78. The topological polar surface area (TPSA) is 9.23 Å². The van der Waals surface area contributed by atoms with Crippen LogP contribution < -0.4 is 4.74 Å². The van der Waals surface area contributed by atoms with Crippen LogP contribution in [0.2, 0.25) is 0 Å². The molecule has 1 heteroatoms. The first kappa shape index (κ1) is 10.5. The Hall–Kier alpha value is -0.980. The van der Waals surface area contributed by atoms with Crippen molar-refractivity contribution >= 4 is 0 Å². The largest absolute Gasteiger partial charge is 0.494 e. The molecule has 2 rings (SSSR count). The van der Waals surface area contributed by atoms with E-state index < -0.39 is 0 Å². The molecule has 0 radical (unpaired) electrons. The van der Waals surface area contributed by atoms with E-state index in [9.17, 15) is 0 Å². The minimum absolute atomic E-state index is 0.753. The second kappa shape index (κ2) is 5.20. The average Bonchev–Trinajstić information content (AvgIpc) is 2.32. The van der Waals surface area contributed by atoms with Crippen molar-refractivity contribution in [3.05, 3.63) is 29.8 Å². The lowest BCUT2D eigenvalue weighted by molar-refractivity contribution is 0.340. The zero-order valence-corrected chi connectivity index (χ0v) is 9.54. The molecule has 0 aliphatic heterocycles. The van der Waals surface area contributed by atoms with Crippen molar-refractivity contribution in [1.29, 1.82) is 0 Å². The van der Waals surface area contributed by atoms with Crippen molar-refractivity contribution < 1.29 is 4.74 Å². The van der Waals surface area contributed by atoms with E-state index >= 15 is 0 Å². The zero-order valence-electron chi connectivity index (χ0n) is 9.54. The van der Waals surface area contributed by atoms with Crippen molar-refractivity contribution in [2.24, 2.45) is 0 Å². The Morgan fingerprint density at radius 1 is 1.07 bits per heavy atom. The van der Waals surface area contributed by atoms with Gasteiger partial charge in [0.2, 0.25) is 0 Å². The zero-order chi connectivity index (χ0) is 10.5. The van der Waals surface area contributed by atoms with Gasteiger partial charge in [-0.2, -0.15) is 0 Å². The first-order chi connectivity index (χ1) is 7.40. The minimum Gasteiger partial charge on any atom is -0.494 e. The van der Waals surface area contributed by atoms with Crippen molar-refractivity contribution in [2.45, 2.75) is 44.9 Å². The van der Waals surface area contributed by atoms with Gasteiger partial charge in [0.05, 0.1) is 6.61 Å². The quantitative estimate of drug-likeness (QED) is 0.719. The van der Waals surface area contributed by atoms with E-state index in [0.29, 0.717) is 0 Å². The molecule has 0 heterocycles. The first-order valence-corrected chi connectivity index (χ1v) is 6.13. The molecule has 1 aliphatic rings. The monoisotopic (exact) mass is 204 g/mol. The van der Waals surface area contributed by atoms with Gasteiger partial charge >= 0.3 is 0 Å². The molecule has 1 aromatic carbocycles. The van der Waals surface area contributed by atoms with Crippen molar-refractivity contribution in [3.8, 4) is 5.75 Å². The molecule has 0 bridgehead atoms. The Balaban J connectivity index is 2.02. The molecule has 0 aromatic heterocycles. The van der Waals surface area contributed by atoms with E-state index in [-0.39, 0.29) is 0 Å². The summed E-state index contributed by atoms with van der Waals surface area (Å²) in [5, 5.41) is 0. The van der Waals surface area contributed by atoms with Crippen LogP contribution >= 0.6 is 0 Å². The molecule has 1 nitrogen and oxygen atoms in total. The third kappa shape index (κ3) is 2.74. The molecule has 0 spiro atoms. The molecular formula is C14H20O. The third-order valence-corrected chi connectivity index (χ3v) is 3.27. The summed E-state index contributed by atoms with van der Waals surface area (Å²) in [5.74, 6) is 1.80. The van der Waals surface area contributed by atoms with E-state index in [1.54, 1.807) is 0 Å². The standard InChI is InChI=1S/C14H20O/c1-2-15-14-10-8-13(9-11-14)12-6-4-3-5-7-12/h8-12H,2-7H2,1H3. The van der Waals surface area contributed by atoms with Gasteiger partial charge in [-0.15, -0.1) is 0 Å². The highest BCUT2D eigenvalue weighted by atomic mass is 16.5. The van der Waals surface area contributed by atoms with Crippen LogP contribution in [0.1, 0.15) is 50.5 Å². The predicted octanol–water partition coefficient (Wildman–Crippen LogP) is 4.13. The molecule has 0 amide bonds. The van der Waals surface area contributed by atoms with Crippen molar-refractivity contribution in [3.63, 3.8) is 0 Å². The van der Waals surface area contributed by atoms with Gasteiger partial charge in [-0.25, -0.2) is 0 Å². The summed E-state index contributed by atoms with van der Waals surface area (Å²) in [6.07, 6.45) is 6.96. The summed E-state index contributed by atoms with van der Waals surface area (Å²) in [7, 11) is 0. The molecule has 1 saturated carbocycles. The van der Waals surface area contributed by atoms with Crippen LogP contribution in [0, 0.1) is 0 Å². The number of benzene rings is 1. The fourth-order valence-electron chi connectivity index (χ4n) is 2.44. The van der Waals surface area contributed by atoms with Gasteiger partial charge in [0.15, 0.2) is 0 Å². The molecule has 1 fully saturated rings. The molecule has 0 atom stereocenters. The fraction of sp³-hybridized carbons (Fsp3) is 0.571. The van der Waals surface area contributed by atoms with Crippen LogP contribution in [0.5, 0.6) is 5.75 Å². The van der Waals surface area contributed by atoms with Crippen molar-refractivity contribution in [1.82, 2.24) is 0 Å². The van der Waals surface area contributed by atoms with Crippen LogP contribution in [-0.2, 0) is 0 Å². The summed E-state index contributed by atoms with van der Waals surface area (Å²) in [4.78, 5) is 0. The Morgan fingerprint density at radius 3 is 2.33 bits per heavy atom. The summed E-state index contributed by atoms with van der Waals surface area (Å²) in [6, 6.07) is 8.68. The van der Waals surface area contributed by atoms with Gasteiger partial charge in [-0.3, -0.25) is 0 Å². The maximum atomic E-state index is 5.45. The van der Waals surface area contributed by atoms with Crippen LogP contribution in [0.15, 0.2) is 24.3 Å². The number of hydrogen-bond donors (Lipinski definition) is 0. The van der Waals surface area contributed by atoms with Crippen LogP contribution in [0.3, 0.4) is 0 Å². The average molecular weight is 204 g/mol. The first-order valence-electron chi connectivity index (χ1n) is 6.13. The molecule has 0 saturated heterocycles. The molecule has 0 unspecified atom stereocenters. The second-order valence-electron chi connectivity index (χ2n) is 4.34. The Morgan fingerprint density at radius 2 is 1.73 bits per heavy atom. The highest BCUT2D eigenvalue weighted by molar-refractivity contribution is 5.29. The third-order valence-electron chi connectivity index (χ3n) is 3.27. The molecule has 1 aliphatic carbocycles. The highest BCUT2D eigenvalue weighted by Crippen LogP contribution is 2.33. The Kier molecular flexibility index (Phi) is 3.65. The maximum absolute atomic E-state index is 5.45. The van der Waals surface area contributed by atoms with Crippen LogP contribution in [0.25, 0.3) is 0 Å². The van der Waals surface area contributed by atoms with Gasteiger partial charge < -0.3 is 4.74 Å². The Bertz CT molecular complexity index is 283. The number of rotatable bonds is 3. The van der Waals surface area contributed by atoms with E-state index in [0.717, 1.165) is 18.3 Å². The smallest absolute Gasteiger partial charge is 0.119 e. The summed E-state index contributed by atoms with van der Waals surface area (Å²) in [5.41, 5.74) is 1.50. The predicted molar refractivity (Wildman–Crippen MR) is 63.4 cm³/mol. The van der Waals surface area contributed by atoms with E-state index in [1.807, 2.05) is 6.92 Å². The van der Waals surface area contributed by atoms with E-state index in [1.165, 1.54) is 37.7 Å². The van der Waals surface area contributed by atoms with Gasteiger partial charge in [-0.1, -0.05) is 31.4 Å². The van der Waals surface area contributed by atoms with Crippen LogP contribution in [0.4, 0.5) is 0 Å². The van der Waals surface area contributed by atoms with Crippen molar-refractivity contribution in [2.75, 3.05) is 6.61 Å². The molecule has 82 valence electrons. The second-order valence-corrected chi connectivity index (χ2v) is 4.34. The van der Waals surface area contributed by atoms with Gasteiger partial charge in [0, 0.05) is 0 Å². The lowest BCUT2D eigenvalue weighted by Gasteiger charge is -2.22. The maximum Gasteiger partial charge on any atom is 0.119 e. The molecule has 15 heavy (non-hydrogen) atoms. The summed E-state index contributed by atoms with van der Waals surface area (Å²) < 4.78 is 5.45.